The molecular weight excluding hydrogens is 650 g/mol. The number of rotatable bonds is 5. The summed E-state index contributed by atoms with van der Waals surface area (Å²) in [6, 6.07) is 7.55. The van der Waals surface area contributed by atoms with Gasteiger partial charge in [-0.3, -0.25) is 9.35 Å². The zero-order valence-corrected chi connectivity index (χ0v) is 26.1. The number of nitrogen functional groups attached to an aromatic ring is 1. The number of anilines is 3. The number of carbonyl (C=O) groups excluding carboxylic acids is 2. The van der Waals surface area contributed by atoms with Gasteiger partial charge in [-0.25, -0.2) is 19.2 Å². The fraction of sp³-hybridized carbons (Fsp3) is 0.333. The van der Waals surface area contributed by atoms with Gasteiger partial charge in [0.05, 0.1) is 27.8 Å². The van der Waals surface area contributed by atoms with Crippen LogP contribution in [0.2, 0.25) is 0 Å². The van der Waals surface area contributed by atoms with Gasteiger partial charge in [0.2, 0.25) is 0 Å². The molecule has 5 N–H and O–H groups in total. The van der Waals surface area contributed by atoms with Gasteiger partial charge in [-0.15, -0.1) is 11.3 Å². The predicted molar refractivity (Wildman–Crippen MR) is 166 cm³/mol. The van der Waals surface area contributed by atoms with Crippen molar-refractivity contribution in [3.05, 3.63) is 65.6 Å². The Morgan fingerprint density at radius 2 is 1.83 bits per heavy atom. The second-order valence-corrected chi connectivity index (χ2v) is 14.1. The van der Waals surface area contributed by atoms with E-state index in [1.807, 2.05) is 19.2 Å². The van der Waals surface area contributed by atoms with Gasteiger partial charge in [0.25, 0.3) is 10.1 Å². The quantitative estimate of drug-likeness (QED) is 0.129. The van der Waals surface area contributed by atoms with Crippen molar-refractivity contribution in [3.8, 4) is 11.1 Å². The average Bonchev–Trinajstić information content (AvgIpc) is 3.55. The lowest BCUT2D eigenvalue weighted by Crippen LogP contribution is -2.42. The van der Waals surface area contributed by atoms with E-state index in [1.165, 1.54) is 17.7 Å². The Kier molecular flexibility index (Phi) is 8.59. The molecule has 0 aliphatic heterocycles. The molecule has 6 rings (SSSR count). The molecule has 2 atom stereocenters. The number of alkyl halides is 3. The number of nitrogens with one attached hydrogen (secondary N) is 2. The molecule has 2 heterocycles. The zero-order valence-electron chi connectivity index (χ0n) is 24.5. The summed E-state index contributed by atoms with van der Waals surface area (Å²) in [7, 11) is -4.08. The summed E-state index contributed by atoms with van der Waals surface area (Å²) in [5.41, 5.74) is 5.18. The predicted octanol–water partition coefficient (Wildman–Crippen LogP) is 7.01. The largest absolute Gasteiger partial charge is 0.416 e. The average molecular weight is 680 g/mol. The minimum atomic E-state index is -4.66. The van der Waals surface area contributed by atoms with E-state index in [9.17, 15) is 35.6 Å². The van der Waals surface area contributed by atoms with Crippen molar-refractivity contribution < 1.29 is 40.1 Å². The lowest BCUT2D eigenvalue weighted by molar-refractivity contribution is -0.137. The van der Waals surface area contributed by atoms with Crippen LogP contribution < -0.4 is 16.4 Å². The van der Waals surface area contributed by atoms with Crippen LogP contribution in [0.3, 0.4) is 0 Å². The molecule has 0 radical (unpaired) electrons. The topological polar surface area (TPSA) is 164 Å². The number of thiophene rings is 1. The summed E-state index contributed by atoms with van der Waals surface area (Å²) in [4.78, 5) is 32.9. The maximum atomic E-state index is 13.8. The number of aromatic nitrogens is 2. The number of halogens is 4. The van der Waals surface area contributed by atoms with Crippen molar-refractivity contribution in [1.82, 2.24) is 9.97 Å². The van der Waals surface area contributed by atoms with E-state index in [-0.39, 0.29) is 17.1 Å². The van der Waals surface area contributed by atoms with Gasteiger partial charge in [0, 0.05) is 23.1 Å². The molecule has 0 spiro atoms. The van der Waals surface area contributed by atoms with Crippen molar-refractivity contribution in [2.45, 2.75) is 39.3 Å². The summed E-state index contributed by atoms with van der Waals surface area (Å²) < 4.78 is 83.2. The van der Waals surface area contributed by atoms with Crippen LogP contribution in [0, 0.1) is 22.6 Å². The Hall–Kier alpha value is -4.15. The number of hydrogen-bond donors (Lipinski definition) is 4. The fourth-order valence-electron chi connectivity index (χ4n) is 6.35. The SMILES string of the molecule is CC1(C)[C@@H]2CC[C@@]1(CS(=O)(=O)O)C(=O)C2.Nc1ncnc2scc(-c3ccc(NC(=O)Nc4cc(C(F)(F)F)ccc4F)cc3)c12. The van der Waals surface area contributed by atoms with Crippen LogP contribution in [0.1, 0.15) is 38.7 Å². The van der Waals surface area contributed by atoms with E-state index >= 15 is 0 Å². The molecule has 0 saturated heterocycles. The number of nitrogens with zero attached hydrogens (tertiary/aromatic N) is 2. The molecule has 2 fully saturated rings. The Morgan fingerprint density at radius 3 is 2.41 bits per heavy atom. The highest BCUT2D eigenvalue weighted by Crippen LogP contribution is 2.64. The van der Waals surface area contributed by atoms with Crippen molar-refractivity contribution in [1.29, 1.82) is 0 Å². The minimum Gasteiger partial charge on any atom is -0.383 e. The molecule has 2 saturated carbocycles. The summed E-state index contributed by atoms with van der Waals surface area (Å²) >= 11 is 1.42. The third kappa shape index (κ3) is 6.41. The highest BCUT2D eigenvalue weighted by molar-refractivity contribution is 7.85. The van der Waals surface area contributed by atoms with Crippen LogP contribution in [-0.2, 0) is 21.1 Å². The van der Waals surface area contributed by atoms with Gasteiger partial charge in [0.15, 0.2) is 0 Å². The standard InChI is InChI=1S/C20H13F4N5OS.C10H16O4S/c21-14-6-3-11(20(22,23)24)7-15(14)29-19(30)28-12-4-1-10(2-5-12)13-8-31-18-16(13)17(25)26-9-27-18;1-9(2)7-3-4-10(9,8(11)5-7)6-15(12,13)14/h1-9H,(H2,25,26,27)(H2,28,29,30);7H,3-6H2,1-2H3,(H,12,13,14)/t;7-,10-/m.1/s1. The molecule has 2 aromatic carbocycles. The summed E-state index contributed by atoms with van der Waals surface area (Å²) in [5, 5.41) is 7.16. The first-order chi connectivity index (χ1) is 21.4. The van der Waals surface area contributed by atoms with E-state index in [0.29, 0.717) is 42.5 Å². The fourth-order valence-corrected chi connectivity index (χ4v) is 8.57. The van der Waals surface area contributed by atoms with Gasteiger partial charge in [-0.2, -0.15) is 21.6 Å². The first-order valence-electron chi connectivity index (χ1n) is 13.9. The molecule has 2 amide bonds. The first-order valence-corrected chi connectivity index (χ1v) is 16.4. The van der Waals surface area contributed by atoms with Gasteiger partial charge in [-0.05, 0) is 60.1 Å². The molecule has 2 aromatic heterocycles. The van der Waals surface area contributed by atoms with E-state index in [4.69, 9.17) is 10.3 Å². The van der Waals surface area contributed by atoms with Crippen LogP contribution in [0.15, 0.2) is 54.2 Å². The van der Waals surface area contributed by atoms with Crippen LogP contribution in [0.25, 0.3) is 21.3 Å². The van der Waals surface area contributed by atoms with Crippen molar-refractivity contribution in [2.24, 2.45) is 16.7 Å². The van der Waals surface area contributed by atoms with E-state index in [1.54, 1.807) is 24.3 Å². The van der Waals surface area contributed by atoms with Crippen LogP contribution in [0.4, 0.5) is 39.5 Å². The Balaban J connectivity index is 0.000000232. The molecule has 2 aliphatic rings. The molecule has 0 unspecified atom stereocenters. The van der Waals surface area contributed by atoms with E-state index < -0.39 is 50.6 Å². The molecule has 4 aromatic rings. The highest BCUT2D eigenvalue weighted by atomic mass is 32.2. The van der Waals surface area contributed by atoms with E-state index in [0.717, 1.165) is 27.8 Å². The normalized spacial score (nSPS) is 20.3. The van der Waals surface area contributed by atoms with Crippen molar-refractivity contribution in [2.75, 3.05) is 22.1 Å². The van der Waals surface area contributed by atoms with Gasteiger partial charge in [0.1, 0.15) is 28.6 Å². The summed E-state index contributed by atoms with van der Waals surface area (Å²) in [5.74, 6) is -0.732. The Morgan fingerprint density at radius 1 is 1.13 bits per heavy atom. The number of carbonyl (C=O) groups is 2. The lowest BCUT2D eigenvalue weighted by atomic mass is 9.70. The number of amides is 2. The molecule has 10 nitrogen and oxygen atoms in total. The Labute approximate surface area is 265 Å². The van der Waals surface area contributed by atoms with Crippen LogP contribution in [-0.4, -0.2) is 40.5 Å². The summed E-state index contributed by atoms with van der Waals surface area (Å²) in [6.45, 7) is 3.89. The second kappa shape index (κ2) is 11.9. The van der Waals surface area contributed by atoms with Crippen LogP contribution >= 0.6 is 11.3 Å². The number of nitrogens with two attached hydrogens (primary N) is 1. The van der Waals surface area contributed by atoms with Gasteiger partial charge in [-0.1, -0.05) is 26.0 Å². The number of urea groups is 1. The number of fused-ring (bicyclic) bond motifs is 3. The number of Topliss-reactive ketones (excluding diaryl/α,β-unsaturated/α-hetero) is 1. The maximum absolute atomic E-state index is 13.8. The first kappa shape index (κ1) is 33.2. The van der Waals surface area contributed by atoms with Crippen LogP contribution in [0.5, 0.6) is 0 Å². The number of benzene rings is 2. The molecular formula is C30H29F4N5O5S2. The zero-order chi connectivity index (χ0) is 33.7. The lowest BCUT2D eigenvalue weighted by Gasteiger charge is -2.35. The summed E-state index contributed by atoms with van der Waals surface area (Å²) in [6.07, 6.45) is -1.30. The third-order valence-corrected chi connectivity index (χ3v) is 10.7. The maximum Gasteiger partial charge on any atom is 0.416 e. The molecule has 2 aliphatic carbocycles. The molecule has 16 heteroatoms. The van der Waals surface area contributed by atoms with Gasteiger partial charge < -0.3 is 16.4 Å². The Bertz CT molecular complexity index is 1930. The van der Waals surface area contributed by atoms with Crippen molar-refractivity contribution in [3.63, 3.8) is 0 Å². The highest BCUT2D eigenvalue weighted by Gasteiger charge is 2.65. The smallest absolute Gasteiger partial charge is 0.383 e. The van der Waals surface area contributed by atoms with Gasteiger partial charge >= 0.3 is 12.2 Å². The number of ketones is 1. The molecule has 244 valence electrons. The molecule has 46 heavy (non-hydrogen) atoms. The number of hydrogen-bond acceptors (Lipinski definition) is 8. The monoisotopic (exact) mass is 679 g/mol. The minimum absolute atomic E-state index is 0.0152. The molecule has 2 bridgehead atoms. The second-order valence-electron chi connectivity index (χ2n) is 11.8. The third-order valence-electron chi connectivity index (χ3n) is 8.96. The van der Waals surface area contributed by atoms with E-state index in [2.05, 4.69) is 20.6 Å². The van der Waals surface area contributed by atoms with Crippen molar-refractivity contribution >= 4 is 60.7 Å².